The van der Waals surface area contributed by atoms with Gasteiger partial charge in [0.05, 0.1) is 11.7 Å². The van der Waals surface area contributed by atoms with Crippen molar-refractivity contribution < 1.29 is 14.7 Å². The largest absolute Gasteiger partial charge is 0.465 e. The highest BCUT2D eigenvalue weighted by atomic mass is 16.4. The van der Waals surface area contributed by atoms with Crippen LogP contribution < -0.4 is 0 Å². The summed E-state index contributed by atoms with van der Waals surface area (Å²) in [7, 11) is 1.79. The molecule has 1 aromatic carbocycles. The molecule has 6 rings (SSSR count). The molecular formula is C28H30N6O3. The van der Waals surface area contributed by atoms with Crippen LogP contribution in [0.3, 0.4) is 0 Å². The van der Waals surface area contributed by atoms with Crippen LogP contribution in [0.15, 0.2) is 36.7 Å². The van der Waals surface area contributed by atoms with E-state index in [1.165, 1.54) is 5.56 Å². The molecule has 1 saturated heterocycles. The number of aromatic nitrogens is 4. The standard InChI is InChI=1S/C28H30N6O3/c1-16-13-29-26-21(16)12-20(14-30-26)19-10-18-6-8-33(27(35)25-9-17(2)31-32(25)3)15-23(18)22(11-19)24-5-4-7-34(24)28(36)37/h9-14,24H,4-8,15H2,1-3H3,(H,29,30)(H,36,37). The zero-order valence-corrected chi connectivity index (χ0v) is 21.3. The van der Waals surface area contributed by atoms with Gasteiger partial charge < -0.3 is 19.9 Å². The van der Waals surface area contributed by atoms with E-state index < -0.39 is 6.09 Å². The first kappa shape index (κ1) is 23.3. The minimum atomic E-state index is -0.901. The van der Waals surface area contributed by atoms with Crippen molar-refractivity contribution in [3.05, 3.63) is 70.3 Å². The van der Waals surface area contributed by atoms with E-state index in [0.29, 0.717) is 31.7 Å². The first-order chi connectivity index (χ1) is 17.8. The lowest BCUT2D eigenvalue weighted by molar-refractivity contribution is 0.0721. The molecule has 190 valence electrons. The minimum Gasteiger partial charge on any atom is -0.465 e. The summed E-state index contributed by atoms with van der Waals surface area (Å²) >= 11 is 0. The lowest BCUT2D eigenvalue weighted by atomic mass is 9.86. The molecule has 0 spiro atoms. The van der Waals surface area contributed by atoms with Crippen molar-refractivity contribution in [3.63, 3.8) is 0 Å². The van der Waals surface area contributed by atoms with Crippen LogP contribution in [0.4, 0.5) is 4.79 Å². The van der Waals surface area contributed by atoms with Crippen LogP contribution in [-0.2, 0) is 20.0 Å². The number of likely N-dealkylation sites (tertiary alicyclic amines) is 1. The number of carbonyl (C=O) groups excluding carboxylic acids is 1. The molecule has 1 fully saturated rings. The fourth-order valence-corrected chi connectivity index (χ4v) is 5.92. The van der Waals surface area contributed by atoms with Crippen LogP contribution in [0.25, 0.3) is 22.2 Å². The second-order valence-corrected chi connectivity index (χ2v) is 10.2. The third kappa shape index (κ3) is 3.94. The predicted molar refractivity (Wildman–Crippen MR) is 139 cm³/mol. The maximum Gasteiger partial charge on any atom is 0.407 e. The monoisotopic (exact) mass is 498 g/mol. The lowest BCUT2D eigenvalue weighted by Crippen LogP contribution is -2.38. The molecule has 1 unspecified atom stereocenters. The number of hydrogen-bond donors (Lipinski definition) is 2. The Morgan fingerprint density at radius 3 is 2.70 bits per heavy atom. The van der Waals surface area contributed by atoms with Gasteiger partial charge in [0.25, 0.3) is 5.91 Å². The zero-order chi connectivity index (χ0) is 25.8. The number of carbonyl (C=O) groups is 2. The van der Waals surface area contributed by atoms with Crippen molar-refractivity contribution in [2.75, 3.05) is 13.1 Å². The fourth-order valence-electron chi connectivity index (χ4n) is 5.92. The van der Waals surface area contributed by atoms with Crippen molar-refractivity contribution >= 4 is 23.0 Å². The summed E-state index contributed by atoms with van der Waals surface area (Å²) in [6.07, 6.45) is 5.22. The second kappa shape index (κ2) is 8.76. The van der Waals surface area contributed by atoms with Gasteiger partial charge in [-0.15, -0.1) is 0 Å². The average Bonchev–Trinajstić information content (AvgIpc) is 3.61. The molecule has 0 bridgehead atoms. The van der Waals surface area contributed by atoms with Crippen LogP contribution in [0.5, 0.6) is 0 Å². The first-order valence-corrected chi connectivity index (χ1v) is 12.7. The van der Waals surface area contributed by atoms with Gasteiger partial charge in [-0.05, 0) is 79.1 Å². The van der Waals surface area contributed by atoms with Crippen molar-refractivity contribution in [1.82, 2.24) is 29.5 Å². The van der Waals surface area contributed by atoms with E-state index in [0.717, 1.165) is 57.4 Å². The molecule has 0 saturated carbocycles. The van der Waals surface area contributed by atoms with Gasteiger partial charge >= 0.3 is 6.09 Å². The second-order valence-electron chi connectivity index (χ2n) is 10.2. The highest BCUT2D eigenvalue weighted by Crippen LogP contribution is 2.40. The SMILES string of the molecule is Cc1cc(C(=O)N2CCc3cc(-c4cnc5[nH]cc(C)c5c4)cc(C4CCCN4C(=O)O)c3C2)n(C)n1. The van der Waals surface area contributed by atoms with E-state index in [1.54, 1.807) is 16.6 Å². The smallest absolute Gasteiger partial charge is 0.407 e. The molecule has 2 aliphatic rings. The molecular weight excluding hydrogens is 468 g/mol. The van der Waals surface area contributed by atoms with Crippen molar-refractivity contribution in [3.8, 4) is 11.1 Å². The summed E-state index contributed by atoms with van der Waals surface area (Å²) < 4.78 is 1.63. The molecule has 2 amide bonds. The zero-order valence-electron chi connectivity index (χ0n) is 21.3. The fraction of sp³-hybridized carbons (Fsp3) is 0.357. The number of nitrogens with zero attached hydrogens (tertiary/aromatic N) is 5. The van der Waals surface area contributed by atoms with Crippen molar-refractivity contribution in [2.24, 2.45) is 7.05 Å². The molecule has 4 aromatic rings. The Labute approximate surface area is 214 Å². The van der Waals surface area contributed by atoms with Gasteiger partial charge in [0.2, 0.25) is 0 Å². The first-order valence-electron chi connectivity index (χ1n) is 12.7. The molecule has 0 radical (unpaired) electrons. The quantitative estimate of drug-likeness (QED) is 0.430. The van der Waals surface area contributed by atoms with Gasteiger partial charge in [0, 0.05) is 50.0 Å². The van der Waals surface area contributed by atoms with E-state index in [1.807, 2.05) is 30.3 Å². The maximum absolute atomic E-state index is 13.4. The number of carboxylic acid groups (broad SMARTS) is 1. The Hall–Kier alpha value is -4.14. The van der Waals surface area contributed by atoms with E-state index >= 15 is 0 Å². The van der Waals surface area contributed by atoms with Gasteiger partial charge in [0.1, 0.15) is 11.3 Å². The molecule has 5 heterocycles. The van der Waals surface area contributed by atoms with Crippen LogP contribution in [-0.4, -0.2) is 59.7 Å². The number of aryl methyl sites for hydroxylation is 3. The van der Waals surface area contributed by atoms with Gasteiger partial charge in [0.15, 0.2) is 0 Å². The molecule has 1 atom stereocenters. The number of aromatic amines is 1. The van der Waals surface area contributed by atoms with Gasteiger partial charge in [-0.25, -0.2) is 9.78 Å². The Balaban J connectivity index is 1.44. The summed E-state index contributed by atoms with van der Waals surface area (Å²) in [5.41, 5.74) is 8.62. The summed E-state index contributed by atoms with van der Waals surface area (Å²) in [5.74, 6) is -0.0529. The number of H-pyrrole nitrogens is 1. The Bertz CT molecular complexity index is 1550. The molecule has 9 heteroatoms. The molecule has 3 aromatic heterocycles. The highest BCUT2D eigenvalue weighted by molar-refractivity contribution is 5.93. The molecule has 2 N–H and O–H groups in total. The molecule has 0 aliphatic carbocycles. The number of amides is 2. The summed E-state index contributed by atoms with van der Waals surface area (Å²) in [4.78, 5) is 36.7. The molecule has 37 heavy (non-hydrogen) atoms. The van der Waals surface area contributed by atoms with Crippen LogP contribution in [0.1, 0.15) is 57.3 Å². The van der Waals surface area contributed by atoms with Crippen molar-refractivity contribution in [1.29, 1.82) is 0 Å². The summed E-state index contributed by atoms with van der Waals surface area (Å²) in [5, 5.41) is 15.3. The molecule has 9 nitrogen and oxygen atoms in total. The minimum absolute atomic E-state index is 0.0529. The lowest BCUT2D eigenvalue weighted by Gasteiger charge is -2.33. The van der Waals surface area contributed by atoms with Crippen LogP contribution >= 0.6 is 0 Å². The molecule has 2 aliphatic heterocycles. The highest BCUT2D eigenvalue weighted by Gasteiger charge is 2.34. The number of pyridine rings is 1. The van der Waals surface area contributed by atoms with Crippen LogP contribution in [0, 0.1) is 13.8 Å². The van der Waals surface area contributed by atoms with E-state index in [9.17, 15) is 14.7 Å². The van der Waals surface area contributed by atoms with Crippen LogP contribution in [0.2, 0.25) is 0 Å². The number of fused-ring (bicyclic) bond motifs is 2. The van der Waals surface area contributed by atoms with Gasteiger partial charge in [-0.1, -0.05) is 6.07 Å². The van der Waals surface area contributed by atoms with E-state index in [2.05, 4.69) is 40.2 Å². The topological polar surface area (TPSA) is 107 Å². The Morgan fingerprint density at radius 2 is 1.95 bits per heavy atom. The van der Waals surface area contributed by atoms with Gasteiger partial charge in [-0.2, -0.15) is 5.10 Å². The number of hydrogen-bond acceptors (Lipinski definition) is 4. The number of benzene rings is 1. The Kier molecular flexibility index (Phi) is 5.51. The normalized spacial score (nSPS) is 17.4. The van der Waals surface area contributed by atoms with E-state index in [4.69, 9.17) is 0 Å². The summed E-state index contributed by atoms with van der Waals surface area (Å²) in [6.45, 7) is 5.50. The Morgan fingerprint density at radius 1 is 1.11 bits per heavy atom. The number of nitrogens with one attached hydrogen (secondary N) is 1. The predicted octanol–water partition coefficient (Wildman–Crippen LogP) is 4.59. The summed E-state index contributed by atoms with van der Waals surface area (Å²) in [6, 6.07) is 8.05. The average molecular weight is 499 g/mol. The van der Waals surface area contributed by atoms with E-state index in [-0.39, 0.29) is 11.9 Å². The van der Waals surface area contributed by atoms with Crippen molar-refractivity contribution in [2.45, 2.75) is 45.7 Å². The van der Waals surface area contributed by atoms with Gasteiger partial charge in [-0.3, -0.25) is 9.48 Å². The maximum atomic E-state index is 13.4. The third-order valence-corrected chi connectivity index (χ3v) is 7.81. The third-order valence-electron chi connectivity index (χ3n) is 7.81. The number of rotatable bonds is 3.